The maximum atomic E-state index is 9.60. The maximum Gasteiger partial charge on any atom is 0.0962 e. The number of fused-ring (bicyclic) bond motifs is 1. The predicted octanol–water partition coefficient (Wildman–Crippen LogP) is 4.20. The molecule has 2 aromatic carbocycles. The molecule has 0 amide bonds. The maximum absolute atomic E-state index is 9.60. The number of hydrogen-bond acceptors (Lipinski definition) is 2. The highest BCUT2D eigenvalue weighted by Crippen LogP contribution is 2.19. The first-order valence-corrected chi connectivity index (χ1v) is 7.97. The molecule has 1 N–H and O–H groups in total. The lowest BCUT2D eigenvalue weighted by Crippen LogP contribution is -2.24. The highest BCUT2D eigenvalue weighted by atomic mass is 16.3. The summed E-state index contributed by atoms with van der Waals surface area (Å²) >= 11 is 0. The third-order valence-electron chi connectivity index (χ3n) is 3.49. The van der Waals surface area contributed by atoms with E-state index in [1.165, 1.54) is 16.3 Å². The second kappa shape index (κ2) is 7.97. The molecule has 120 valence electrons. The fraction of sp³-hybridized carbons (Fsp3) is 0.333. The average molecular weight is 307 g/mol. The van der Waals surface area contributed by atoms with E-state index in [0.717, 1.165) is 6.54 Å². The van der Waals surface area contributed by atoms with Crippen LogP contribution in [0.15, 0.2) is 54.6 Å². The molecule has 0 fully saturated rings. The number of benzene rings is 2. The van der Waals surface area contributed by atoms with Crippen LogP contribution in [0.5, 0.6) is 0 Å². The summed E-state index contributed by atoms with van der Waals surface area (Å²) < 4.78 is 0. The van der Waals surface area contributed by atoms with Crippen molar-refractivity contribution in [2.75, 3.05) is 13.3 Å². The largest absolute Gasteiger partial charge is 0.381 e. The summed E-state index contributed by atoms with van der Waals surface area (Å²) in [4.78, 5) is 1.98. The molecule has 2 nitrogen and oxygen atoms in total. The van der Waals surface area contributed by atoms with Crippen LogP contribution in [0.2, 0.25) is 0 Å². The molecule has 0 heterocycles. The fourth-order valence-corrected chi connectivity index (χ4v) is 2.36. The molecule has 0 aromatic heterocycles. The molecule has 0 saturated heterocycles. The lowest BCUT2D eigenvalue weighted by atomic mass is 9.98. The van der Waals surface area contributed by atoms with Crippen LogP contribution >= 0.6 is 0 Å². The zero-order chi connectivity index (χ0) is 16.7. The number of rotatable bonds is 5. The van der Waals surface area contributed by atoms with Crippen molar-refractivity contribution in [2.45, 2.75) is 27.3 Å². The van der Waals surface area contributed by atoms with Gasteiger partial charge in [-0.3, -0.25) is 4.90 Å². The Morgan fingerprint density at radius 2 is 1.83 bits per heavy atom. The van der Waals surface area contributed by atoms with E-state index >= 15 is 0 Å². The Balaban J connectivity index is 2.04. The molecule has 0 radical (unpaired) electrons. The van der Waals surface area contributed by atoms with Crippen LogP contribution in [0.1, 0.15) is 26.3 Å². The van der Waals surface area contributed by atoms with Crippen molar-refractivity contribution >= 4 is 10.8 Å². The van der Waals surface area contributed by atoms with Crippen molar-refractivity contribution in [1.29, 1.82) is 0 Å². The van der Waals surface area contributed by atoms with Gasteiger partial charge in [-0.1, -0.05) is 60.4 Å². The smallest absolute Gasteiger partial charge is 0.0962 e. The Labute approximate surface area is 139 Å². The summed E-state index contributed by atoms with van der Waals surface area (Å²) in [5.74, 6) is 6.23. The Bertz CT molecular complexity index is 723. The Hall–Kier alpha value is -2.08. The van der Waals surface area contributed by atoms with E-state index in [-0.39, 0.29) is 12.1 Å². The van der Waals surface area contributed by atoms with Crippen LogP contribution in [0.4, 0.5) is 0 Å². The third kappa shape index (κ3) is 5.56. The molecule has 23 heavy (non-hydrogen) atoms. The van der Waals surface area contributed by atoms with Crippen LogP contribution in [0.3, 0.4) is 0 Å². The lowest BCUT2D eigenvalue weighted by molar-refractivity contribution is 0.113. The van der Waals surface area contributed by atoms with Crippen LogP contribution in [-0.2, 0) is 6.54 Å². The highest BCUT2D eigenvalue weighted by molar-refractivity contribution is 5.85. The van der Waals surface area contributed by atoms with Crippen molar-refractivity contribution in [3.8, 4) is 11.8 Å². The van der Waals surface area contributed by atoms with E-state index in [1.54, 1.807) is 0 Å². The lowest BCUT2D eigenvalue weighted by Gasteiger charge is -2.18. The van der Waals surface area contributed by atoms with E-state index in [2.05, 4.69) is 69.0 Å². The van der Waals surface area contributed by atoms with Gasteiger partial charge in [0, 0.05) is 18.5 Å². The van der Waals surface area contributed by atoms with Gasteiger partial charge in [-0.2, -0.15) is 0 Å². The third-order valence-corrected chi connectivity index (χ3v) is 3.49. The minimum Gasteiger partial charge on any atom is -0.381 e. The Morgan fingerprint density at radius 3 is 2.57 bits per heavy atom. The minimum absolute atomic E-state index is 0.0178. The molecule has 2 heteroatoms. The zero-order valence-electron chi connectivity index (χ0n) is 14.2. The van der Waals surface area contributed by atoms with Gasteiger partial charge in [0.2, 0.25) is 0 Å². The summed E-state index contributed by atoms with van der Waals surface area (Å²) in [6.45, 7) is 7.70. The van der Waals surface area contributed by atoms with Gasteiger partial charge in [-0.25, -0.2) is 0 Å². The van der Waals surface area contributed by atoms with Crippen molar-refractivity contribution in [1.82, 2.24) is 4.90 Å². The second-order valence-corrected chi connectivity index (χ2v) is 6.71. The molecule has 0 aliphatic carbocycles. The number of allylic oxidation sites excluding steroid dienone is 1. The van der Waals surface area contributed by atoms with Crippen molar-refractivity contribution in [2.24, 2.45) is 5.41 Å². The zero-order valence-corrected chi connectivity index (χ0v) is 14.2. The number of nitrogens with zero attached hydrogens (tertiary/aromatic N) is 1. The van der Waals surface area contributed by atoms with Gasteiger partial charge in [-0.05, 0) is 43.2 Å². The molecular formula is C21H25NO. The average Bonchev–Trinajstić information content (AvgIpc) is 2.52. The summed E-state index contributed by atoms with van der Waals surface area (Å²) in [6, 6.07) is 14.6. The van der Waals surface area contributed by atoms with Gasteiger partial charge in [0.25, 0.3) is 0 Å². The van der Waals surface area contributed by atoms with Crippen LogP contribution in [-0.4, -0.2) is 23.3 Å². The molecule has 0 aliphatic rings. The molecule has 0 spiro atoms. The summed E-state index contributed by atoms with van der Waals surface area (Å²) in [5, 5.41) is 12.1. The molecule has 0 aliphatic heterocycles. The van der Waals surface area contributed by atoms with Gasteiger partial charge in [0.15, 0.2) is 0 Å². The quantitative estimate of drug-likeness (QED) is 0.661. The summed E-state index contributed by atoms with van der Waals surface area (Å²) in [6.07, 6.45) is 3.87. The van der Waals surface area contributed by atoms with E-state index in [1.807, 2.05) is 23.1 Å². The fourth-order valence-electron chi connectivity index (χ4n) is 2.36. The number of hydrogen-bond donors (Lipinski definition) is 1. The SMILES string of the molecule is CC(C)(C)C#C/C=C/CN(CO)Cc1cccc2ccccc12. The van der Waals surface area contributed by atoms with Gasteiger partial charge in [0.05, 0.1) is 6.73 Å². The topological polar surface area (TPSA) is 23.5 Å². The standard InChI is InChI=1S/C21H25NO/c1-21(2,3)14-7-4-8-15-22(17-23)16-19-12-9-11-18-10-5-6-13-20(18)19/h4-6,8-13,23H,15-17H2,1-3H3/b8-4+. The molecular weight excluding hydrogens is 282 g/mol. The van der Waals surface area contributed by atoms with Crippen molar-refractivity contribution < 1.29 is 5.11 Å². The number of aliphatic hydroxyl groups is 1. The van der Waals surface area contributed by atoms with Gasteiger partial charge >= 0.3 is 0 Å². The first-order valence-electron chi connectivity index (χ1n) is 7.97. The molecule has 0 bridgehead atoms. The van der Waals surface area contributed by atoms with Crippen LogP contribution in [0.25, 0.3) is 10.8 Å². The molecule has 0 unspecified atom stereocenters. The second-order valence-electron chi connectivity index (χ2n) is 6.71. The Kier molecular flexibility index (Phi) is 5.98. The molecule has 0 atom stereocenters. The van der Waals surface area contributed by atoms with Crippen molar-refractivity contribution in [3.05, 3.63) is 60.2 Å². The van der Waals surface area contributed by atoms with Gasteiger partial charge in [0.1, 0.15) is 0 Å². The normalized spacial score (nSPS) is 11.9. The predicted molar refractivity (Wildman–Crippen MR) is 97.8 cm³/mol. The Morgan fingerprint density at radius 1 is 1.09 bits per heavy atom. The highest BCUT2D eigenvalue weighted by Gasteiger charge is 2.06. The number of aliphatic hydroxyl groups excluding tert-OH is 1. The van der Waals surface area contributed by atoms with E-state index in [0.29, 0.717) is 6.54 Å². The monoisotopic (exact) mass is 307 g/mol. The first-order chi connectivity index (χ1) is 11.0. The minimum atomic E-state index is 0.0178. The van der Waals surface area contributed by atoms with E-state index in [4.69, 9.17) is 0 Å². The van der Waals surface area contributed by atoms with Gasteiger partial charge in [-0.15, -0.1) is 0 Å². The van der Waals surface area contributed by atoms with E-state index < -0.39 is 0 Å². The first kappa shape index (κ1) is 17.3. The van der Waals surface area contributed by atoms with E-state index in [9.17, 15) is 5.11 Å². The summed E-state index contributed by atoms with van der Waals surface area (Å²) in [7, 11) is 0. The van der Waals surface area contributed by atoms with Crippen LogP contribution < -0.4 is 0 Å². The van der Waals surface area contributed by atoms with Crippen molar-refractivity contribution in [3.63, 3.8) is 0 Å². The van der Waals surface area contributed by atoms with Gasteiger partial charge < -0.3 is 5.11 Å². The van der Waals surface area contributed by atoms with Crippen LogP contribution in [0, 0.1) is 17.3 Å². The molecule has 2 aromatic rings. The molecule has 2 rings (SSSR count). The molecule has 0 saturated carbocycles. The summed E-state index contributed by atoms with van der Waals surface area (Å²) in [5.41, 5.74) is 1.25.